The van der Waals surface area contributed by atoms with E-state index in [-0.39, 0.29) is 43.2 Å². The van der Waals surface area contributed by atoms with E-state index in [4.69, 9.17) is 10.2 Å². The number of carbonyl (C=O) groups excluding carboxylic acids is 2. The molecule has 2 rings (SSSR count). The third-order valence-electron chi connectivity index (χ3n) is 4.67. The van der Waals surface area contributed by atoms with Crippen LogP contribution in [0.15, 0.2) is 61.7 Å². The zero-order valence-corrected chi connectivity index (χ0v) is 20.9. The van der Waals surface area contributed by atoms with Crippen molar-refractivity contribution in [3.05, 3.63) is 83.9 Å². The van der Waals surface area contributed by atoms with Crippen LogP contribution in [0.1, 0.15) is 22.3 Å². The molecule has 37 heavy (non-hydrogen) atoms. The number of carboxylic acids is 4. The normalized spacial score (nSPS) is 10.0. The molecule has 10 nitrogen and oxygen atoms in total. The van der Waals surface area contributed by atoms with Crippen LogP contribution in [0.2, 0.25) is 0 Å². The number of carbonyl (C=O) groups is 4. The minimum atomic E-state index is -1.29. The third-order valence-corrected chi connectivity index (χ3v) is 4.67. The van der Waals surface area contributed by atoms with Crippen molar-refractivity contribution in [2.75, 3.05) is 26.2 Å². The van der Waals surface area contributed by atoms with Gasteiger partial charge in [-0.05, 0) is 22.3 Å². The molecular weight excluding hydrogens is 532 g/mol. The maximum atomic E-state index is 10.6. The van der Waals surface area contributed by atoms with Gasteiger partial charge in [0.25, 0.3) is 0 Å². The Labute approximate surface area is 225 Å². The van der Waals surface area contributed by atoms with Crippen LogP contribution in [0.25, 0.3) is 12.2 Å². The first-order valence-electron chi connectivity index (χ1n) is 10.7. The Morgan fingerprint density at radius 2 is 0.946 bits per heavy atom. The Kier molecular flexibility index (Phi) is 15.8. The van der Waals surface area contributed by atoms with Crippen LogP contribution in [0.5, 0.6) is 0 Å². The number of nitrogens with zero attached hydrogens (tertiary/aromatic N) is 2. The predicted molar refractivity (Wildman–Crippen MR) is 129 cm³/mol. The van der Waals surface area contributed by atoms with Crippen molar-refractivity contribution in [3.8, 4) is 0 Å². The first-order chi connectivity index (χ1) is 17.0. The molecule has 0 heterocycles. The van der Waals surface area contributed by atoms with Crippen LogP contribution in [0.4, 0.5) is 0 Å². The molecule has 0 aliphatic rings. The van der Waals surface area contributed by atoms with E-state index in [0.717, 1.165) is 22.3 Å². The average Bonchev–Trinajstić information content (AvgIpc) is 2.79. The fourth-order valence-corrected chi connectivity index (χ4v) is 3.12. The maximum Gasteiger partial charge on any atom is 2.00 e. The molecule has 0 unspecified atom stereocenters. The summed E-state index contributed by atoms with van der Waals surface area (Å²) >= 11 is 0. The SMILES string of the molecule is C=Cc1ccc(CN(CC(=O)[O-])CC(=O)O)cc1.C=Cc1ccc(CN(CC(=O)[O-])CC(=O)O)cc1.[Cu+2]. The van der Waals surface area contributed by atoms with Crippen molar-refractivity contribution < 1.29 is 56.7 Å². The molecule has 0 amide bonds. The van der Waals surface area contributed by atoms with Crippen LogP contribution in [0.3, 0.4) is 0 Å². The molecule has 0 fully saturated rings. The summed E-state index contributed by atoms with van der Waals surface area (Å²) in [5.74, 6) is -4.73. The first-order valence-corrected chi connectivity index (χ1v) is 10.7. The molecule has 0 spiro atoms. The van der Waals surface area contributed by atoms with Gasteiger partial charge in [0.1, 0.15) is 0 Å². The molecule has 0 saturated carbocycles. The summed E-state index contributed by atoms with van der Waals surface area (Å²) in [6, 6.07) is 14.6. The van der Waals surface area contributed by atoms with Crippen molar-refractivity contribution in [2.24, 2.45) is 0 Å². The van der Waals surface area contributed by atoms with Gasteiger partial charge >= 0.3 is 29.0 Å². The van der Waals surface area contributed by atoms with Crippen LogP contribution < -0.4 is 10.2 Å². The van der Waals surface area contributed by atoms with E-state index in [9.17, 15) is 29.4 Å². The standard InChI is InChI=1S/2C13H15NO4.Cu/c2*1-2-10-3-5-11(6-4-10)7-14(8-12(15)16)9-13(17)18;/h2*2-6H,1,7-9H2,(H,15,16)(H,17,18);/q;;+2/p-2. The Balaban J connectivity index is 0.000000682. The second-order valence-electron chi connectivity index (χ2n) is 7.71. The molecule has 201 valence electrons. The van der Waals surface area contributed by atoms with Crippen LogP contribution in [-0.2, 0) is 49.3 Å². The van der Waals surface area contributed by atoms with Crippen molar-refractivity contribution in [1.82, 2.24) is 9.80 Å². The van der Waals surface area contributed by atoms with Gasteiger partial charge in [0.15, 0.2) is 0 Å². The van der Waals surface area contributed by atoms with E-state index in [0.29, 0.717) is 0 Å². The van der Waals surface area contributed by atoms with Gasteiger partial charge in [0, 0.05) is 26.2 Å². The molecule has 11 heteroatoms. The van der Waals surface area contributed by atoms with E-state index < -0.39 is 37.0 Å². The fourth-order valence-electron chi connectivity index (χ4n) is 3.12. The van der Waals surface area contributed by atoms with Gasteiger partial charge in [0.2, 0.25) is 0 Å². The Hall–Kier alpha value is -3.76. The summed E-state index contributed by atoms with van der Waals surface area (Å²) in [5.41, 5.74) is 3.57. The molecule has 2 N–H and O–H groups in total. The van der Waals surface area contributed by atoms with E-state index in [1.807, 2.05) is 24.3 Å². The van der Waals surface area contributed by atoms with E-state index >= 15 is 0 Å². The minimum absolute atomic E-state index is 0. The first kappa shape index (κ1) is 33.2. The van der Waals surface area contributed by atoms with E-state index in [1.54, 1.807) is 36.4 Å². The number of rotatable bonds is 14. The molecule has 2 aromatic carbocycles. The zero-order valence-electron chi connectivity index (χ0n) is 20.0. The fraction of sp³-hybridized carbons (Fsp3) is 0.231. The Morgan fingerprint density at radius 1 is 0.649 bits per heavy atom. The molecule has 0 atom stereocenters. The van der Waals surface area contributed by atoms with Crippen LogP contribution >= 0.6 is 0 Å². The quantitative estimate of drug-likeness (QED) is 0.300. The average molecular weight is 560 g/mol. The zero-order chi connectivity index (χ0) is 27.1. The van der Waals surface area contributed by atoms with Gasteiger partial charge in [-0.2, -0.15) is 0 Å². The van der Waals surface area contributed by atoms with Gasteiger partial charge in [0.05, 0.1) is 25.0 Å². The smallest absolute Gasteiger partial charge is 0.549 e. The Morgan fingerprint density at radius 3 is 1.16 bits per heavy atom. The van der Waals surface area contributed by atoms with Crippen molar-refractivity contribution in [2.45, 2.75) is 13.1 Å². The molecule has 0 aliphatic heterocycles. The second-order valence-corrected chi connectivity index (χ2v) is 7.71. The number of hydrogen-bond acceptors (Lipinski definition) is 8. The van der Waals surface area contributed by atoms with Gasteiger partial charge in [-0.1, -0.05) is 73.8 Å². The van der Waals surface area contributed by atoms with Crippen molar-refractivity contribution >= 4 is 36.0 Å². The van der Waals surface area contributed by atoms with Crippen molar-refractivity contribution in [1.29, 1.82) is 0 Å². The number of aliphatic carboxylic acids is 4. The molecule has 1 radical (unpaired) electrons. The summed E-state index contributed by atoms with van der Waals surface area (Å²) in [6.07, 6.45) is 3.39. The maximum absolute atomic E-state index is 10.6. The summed E-state index contributed by atoms with van der Waals surface area (Å²) in [5, 5.41) is 38.4. The molecular formula is C26H28CuN2O8. The largest absolute Gasteiger partial charge is 2.00 e. The predicted octanol–water partition coefficient (Wildman–Crippen LogP) is -0.0703. The Bertz CT molecular complexity index is 938. The van der Waals surface area contributed by atoms with Crippen molar-refractivity contribution in [3.63, 3.8) is 0 Å². The number of benzene rings is 2. The van der Waals surface area contributed by atoms with Crippen LogP contribution in [-0.4, -0.2) is 70.1 Å². The van der Waals surface area contributed by atoms with Gasteiger partial charge in [-0.25, -0.2) is 0 Å². The van der Waals surface area contributed by atoms with Gasteiger partial charge < -0.3 is 30.0 Å². The third kappa shape index (κ3) is 15.1. The minimum Gasteiger partial charge on any atom is -0.549 e. The van der Waals surface area contributed by atoms with E-state index in [2.05, 4.69) is 13.2 Å². The summed E-state index contributed by atoms with van der Waals surface area (Å²) in [7, 11) is 0. The monoisotopic (exact) mass is 559 g/mol. The molecule has 0 saturated heterocycles. The molecule has 0 aromatic heterocycles. The topological polar surface area (TPSA) is 161 Å². The van der Waals surface area contributed by atoms with Gasteiger partial charge in [-0.3, -0.25) is 19.4 Å². The molecule has 2 aromatic rings. The molecule has 0 aliphatic carbocycles. The summed E-state index contributed by atoms with van der Waals surface area (Å²) < 4.78 is 0. The molecule has 0 bridgehead atoms. The summed E-state index contributed by atoms with van der Waals surface area (Å²) in [6.45, 7) is 6.26. The second kappa shape index (κ2) is 17.6. The van der Waals surface area contributed by atoms with Gasteiger partial charge in [-0.15, -0.1) is 0 Å². The summed E-state index contributed by atoms with van der Waals surface area (Å²) in [4.78, 5) is 44.9. The number of carboxylic acid groups (broad SMARTS) is 4. The number of hydrogen-bond donors (Lipinski definition) is 2. The van der Waals surface area contributed by atoms with Crippen LogP contribution in [0, 0.1) is 0 Å². The van der Waals surface area contributed by atoms with E-state index in [1.165, 1.54) is 9.80 Å².